The smallest absolute Gasteiger partial charge is 0.328 e. The highest BCUT2D eigenvalue weighted by Crippen LogP contribution is 2.25. The van der Waals surface area contributed by atoms with E-state index in [9.17, 15) is 14.0 Å². The maximum absolute atomic E-state index is 13.6. The molecule has 1 saturated heterocycles. The number of amides is 2. The molecule has 1 aromatic carbocycles. The molecule has 6 nitrogen and oxygen atoms in total. The van der Waals surface area contributed by atoms with E-state index in [0.717, 1.165) is 4.90 Å². The Morgan fingerprint density at radius 1 is 1.50 bits per heavy atom. The van der Waals surface area contributed by atoms with Crippen molar-refractivity contribution in [1.82, 2.24) is 4.90 Å². The van der Waals surface area contributed by atoms with Crippen LogP contribution in [0.4, 0.5) is 14.9 Å². The minimum Gasteiger partial charge on any atom is -0.480 e. The molecule has 0 bridgehead atoms. The number of aliphatic carboxylic acids is 1. The van der Waals surface area contributed by atoms with Crippen LogP contribution in [0.25, 0.3) is 0 Å². The average Bonchev–Trinajstić information content (AvgIpc) is 2.43. The molecule has 2 N–H and O–H groups in total. The maximum atomic E-state index is 13.6. The Hall–Kier alpha value is -1.67. The molecule has 1 aromatic rings. The summed E-state index contributed by atoms with van der Waals surface area (Å²) in [5.41, 5.74) is -0.0202. The van der Waals surface area contributed by atoms with Crippen LogP contribution in [-0.4, -0.2) is 47.8 Å². The second-order valence-electron chi connectivity index (χ2n) is 4.15. The standard InChI is InChI=1S/C12H12BrFN2O4/c13-7-2-1-3-8(14)10(7)15-12(19)16-4-5-20-6-9(16)11(17)18/h1-3,9H,4-6H2,(H,15,19)(H,17,18). The Kier molecular flexibility index (Phi) is 4.56. The van der Waals surface area contributed by atoms with E-state index < -0.39 is 23.9 Å². The number of para-hydroxylation sites is 1. The molecule has 2 amide bonds. The molecule has 0 saturated carbocycles. The van der Waals surface area contributed by atoms with Crippen molar-refractivity contribution < 1.29 is 23.8 Å². The summed E-state index contributed by atoms with van der Waals surface area (Å²) in [5, 5.41) is 11.4. The second-order valence-corrected chi connectivity index (χ2v) is 5.00. The summed E-state index contributed by atoms with van der Waals surface area (Å²) in [6, 6.07) is 2.52. The maximum Gasteiger partial charge on any atom is 0.328 e. The molecule has 0 aliphatic carbocycles. The third kappa shape index (κ3) is 3.07. The van der Waals surface area contributed by atoms with E-state index in [0.29, 0.717) is 4.47 Å². The molecule has 1 atom stereocenters. The van der Waals surface area contributed by atoms with Crippen LogP contribution in [-0.2, 0) is 9.53 Å². The van der Waals surface area contributed by atoms with Gasteiger partial charge in [-0.3, -0.25) is 0 Å². The summed E-state index contributed by atoms with van der Waals surface area (Å²) in [6.07, 6.45) is 0. The summed E-state index contributed by atoms with van der Waals surface area (Å²) in [4.78, 5) is 24.3. The number of benzene rings is 1. The highest BCUT2D eigenvalue weighted by Gasteiger charge is 2.33. The molecule has 1 heterocycles. The van der Waals surface area contributed by atoms with Gasteiger partial charge in [-0.1, -0.05) is 6.07 Å². The van der Waals surface area contributed by atoms with Crippen molar-refractivity contribution in [2.24, 2.45) is 0 Å². The molecule has 1 aliphatic rings. The van der Waals surface area contributed by atoms with Gasteiger partial charge < -0.3 is 20.1 Å². The number of halogens is 2. The number of rotatable bonds is 2. The molecule has 1 fully saturated rings. The Bertz CT molecular complexity index is 520. The number of carboxylic acids is 1. The van der Waals surface area contributed by atoms with E-state index in [-0.39, 0.29) is 25.4 Å². The zero-order chi connectivity index (χ0) is 14.7. The van der Waals surface area contributed by atoms with Gasteiger partial charge >= 0.3 is 12.0 Å². The van der Waals surface area contributed by atoms with Crippen LogP contribution in [0, 0.1) is 5.82 Å². The van der Waals surface area contributed by atoms with Gasteiger partial charge in [0.25, 0.3) is 0 Å². The molecule has 108 valence electrons. The number of urea groups is 1. The Labute approximate surface area is 122 Å². The molecular formula is C12H12BrFN2O4. The van der Waals surface area contributed by atoms with Crippen LogP contribution in [0.3, 0.4) is 0 Å². The first-order valence-electron chi connectivity index (χ1n) is 5.83. The number of nitrogens with one attached hydrogen (secondary N) is 1. The fraction of sp³-hybridized carbons (Fsp3) is 0.333. The summed E-state index contributed by atoms with van der Waals surface area (Å²) >= 11 is 3.13. The molecule has 20 heavy (non-hydrogen) atoms. The SMILES string of the molecule is O=C(O)C1COCCN1C(=O)Nc1c(F)cccc1Br. The van der Waals surface area contributed by atoms with Crippen molar-refractivity contribution in [3.05, 3.63) is 28.5 Å². The average molecular weight is 347 g/mol. The van der Waals surface area contributed by atoms with Crippen molar-refractivity contribution in [3.63, 3.8) is 0 Å². The predicted molar refractivity (Wildman–Crippen MR) is 72.1 cm³/mol. The first kappa shape index (κ1) is 14.7. The lowest BCUT2D eigenvalue weighted by molar-refractivity contribution is -0.147. The van der Waals surface area contributed by atoms with Crippen molar-refractivity contribution in [2.45, 2.75) is 6.04 Å². The quantitative estimate of drug-likeness (QED) is 0.857. The van der Waals surface area contributed by atoms with Crippen molar-refractivity contribution in [1.29, 1.82) is 0 Å². The van der Waals surface area contributed by atoms with Crippen LogP contribution >= 0.6 is 15.9 Å². The largest absolute Gasteiger partial charge is 0.480 e. The number of morpholine rings is 1. The Balaban J connectivity index is 2.16. The topological polar surface area (TPSA) is 78.9 Å². The summed E-state index contributed by atoms with van der Waals surface area (Å²) < 4.78 is 19.0. The van der Waals surface area contributed by atoms with Gasteiger partial charge in [0.2, 0.25) is 0 Å². The van der Waals surface area contributed by atoms with Gasteiger partial charge in [0, 0.05) is 11.0 Å². The monoisotopic (exact) mass is 346 g/mol. The third-order valence-electron chi connectivity index (χ3n) is 2.87. The highest BCUT2D eigenvalue weighted by molar-refractivity contribution is 9.10. The van der Waals surface area contributed by atoms with E-state index in [4.69, 9.17) is 9.84 Å². The van der Waals surface area contributed by atoms with Crippen molar-refractivity contribution in [3.8, 4) is 0 Å². The molecule has 8 heteroatoms. The molecule has 0 aromatic heterocycles. The predicted octanol–water partition coefficient (Wildman–Crippen LogP) is 1.91. The highest BCUT2D eigenvalue weighted by atomic mass is 79.9. The zero-order valence-corrected chi connectivity index (χ0v) is 11.9. The van der Waals surface area contributed by atoms with Gasteiger partial charge in [0.05, 0.1) is 18.9 Å². The number of carbonyl (C=O) groups is 2. The second kappa shape index (κ2) is 6.19. The summed E-state index contributed by atoms with van der Waals surface area (Å²) in [5.74, 6) is -1.76. The zero-order valence-electron chi connectivity index (χ0n) is 10.3. The number of hydrogen-bond donors (Lipinski definition) is 2. The number of carboxylic acid groups (broad SMARTS) is 1. The van der Waals surface area contributed by atoms with Crippen LogP contribution in [0.5, 0.6) is 0 Å². The van der Waals surface area contributed by atoms with E-state index in [1.165, 1.54) is 12.1 Å². The summed E-state index contributed by atoms with van der Waals surface area (Å²) in [7, 11) is 0. The fourth-order valence-electron chi connectivity index (χ4n) is 1.85. The van der Waals surface area contributed by atoms with Crippen molar-refractivity contribution >= 4 is 33.6 Å². The fourth-order valence-corrected chi connectivity index (χ4v) is 2.29. The summed E-state index contributed by atoms with van der Waals surface area (Å²) in [6.45, 7) is 0.297. The van der Waals surface area contributed by atoms with Gasteiger partial charge in [-0.05, 0) is 28.1 Å². The molecular weight excluding hydrogens is 335 g/mol. The van der Waals surface area contributed by atoms with Gasteiger partial charge in [-0.25, -0.2) is 14.0 Å². The lowest BCUT2D eigenvalue weighted by Gasteiger charge is -2.32. The minimum atomic E-state index is -1.16. The van der Waals surface area contributed by atoms with Gasteiger partial charge in [0.1, 0.15) is 5.82 Å². The number of anilines is 1. The van der Waals surface area contributed by atoms with E-state index in [2.05, 4.69) is 21.2 Å². The lowest BCUT2D eigenvalue weighted by Crippen LogP contribution is -2.54. The van der Waals surface area contributed by atoms with Crippen LogP contribution < -0.4 is 5.32 Å². The van der Waals surface area contributed by atoms with Gasteiger partial charge in [-0.15, -0.1) is 0 Å². The number of carbonyl (C=O) groups excluding carboxylic acids is 1. The van der Waals surface area contributed by atoms with Gasteiger partial charge in [0.15, 0.2) is 6.04 Å². The van der Waals surface area contributed by atoms with Crippen LogP contribution in [0.15, 0.2) is 22.7 Å². The Morgan fingerprint density at radius 2 is 2.25 bits per heavy atom. The van der Waals surface area contributed by atoms with Crippen molar-refractivity contribution in [2.75, 3.05) is 25.1 Å². The van der Waals surface area contributed by atoms with E-state index >= 15 is 0 Å². The van der Waals surface area contributed by atoms with Crippen LogP contribution in [0.2, 0.25) is 0 Å². The molecule has 0 spiro atoms. The van der Waals surface area contributed by atoms with E-state index in [1.54, 1.807) is 6.07 Å². The first-order chi connectivity index (χ1) is 9.50. The molecule has 2 rings (SSSR count). The third-order valence-corrected chi connectivity index (χ3v) is 3.53. The number of hydrogen-bond acceptors (Lipinski definition) is 3. The van der Waals surface area contributed by atoms with E-state index in [1.807, 2.05) is 0 Å². The first-order valence-corrected chi connectivity index (χ1v) is 6.62. The number of ether oxygens (including phenoxy) is 1. The number of nitrogens with zero attached hydrogens (tertiary/aromatic N) is 1. The molecule has 1 unspecified atom stereocenters. The van der Waals surface area contributed by atoms with Gasteiger partial charge in [-0.2, -0.15) is 0 Å². The molecule has 0 radical (unpaired) electrons. The Morgan fingerprint density at radius 3 is 2.90 bits per heavy atom. The lowest BCUT2D eigenvalue weighted by atomic mass is 10.2. The van der Waals surface area contributed by atoms with Crippen LogP contribution in [0.1, 0.15) is 0 Å². The molecule has 1 aliphatic heterocycles. The minimum absolute atomic E-state index is 0.0202. The normalized spacial score (nSPS) is 18.7.